The molecule has 88 valence electrons. The summed E-state index contributed by atoms with van der Waals surface area (Å²) >= 11 is 0. The van der Waals surface area contributed by atoms with Gasteiger partial charge in [0, 0.05) is 19.2 Å². The third-order valence-corrected chi connectivity index (χ3v) is 4.58. The Hall–Kier alpha value is -0.0800. The van der Waals surface area contributed by atoms with E-state index in [0.29, 0.717) is 6.10 Å². The average Bonchev–Trinajstić information content (AvgIpc) is 2.17. The lowest BCUT2D eigenvalue weighted by atomic mass is 9.76. The van der Waals surface area contributed by atoms with Crippen molar-refractivity contribution in [2.45, 2.75) is 64.1 Å². The second-order valence-corrected chi connectivity index (χ2v) is 5.57. The number of methoxy groups -OCH3 is 1. The maximum atomic E-state index is 5.31. The van der Waals surface area contributed by atoms with Crippen LogP contribution in [0.25, 0.3) is 0 Å². The molecule has 0 heterocycles. The molecule has 0 aromatic carbocycles. The average molecular weight is 211 g/mol. The van der Waals surface area contributed by atoms with E-state index in [-0.39, 0.29) is 0 Å². The minimum absolute atomic E-state index is 0.527. The van der Waals surface area contributed by atoms with Gasteiger partial charge in [0.15, 0.2) is 0 Å². The molecule has 2 fully saturated rings. The van der Waals surface area contributed by atoms with Gasteiger partial charge in [0.05, 0.1) is 6.10 Å². The third-order valence-electron chi connectivity index (χ3n) is 4.58. The van der Waals surface area contributed by atoms with E-state index >= 15 is 0 Å². The lowest BCUT2D eigenvalue weighted by molar-refractivity contribution is 0.00848. The number of ether oxygens (including phenoxy) is 1. The Morgan fingerprint density at radius 2 is 1.87 bits per heavy atom. The van der Waals surface area contributed by atoms with Crippen molar-refractivity contribution in [1.29, 1.82) is 0 Å². The zero-order valence-corrected chi connectivity index (χ0v) is 10.3. The summed E-state index contributed by atoms with van der Waals surface area (Å²) in [6, 6.07) is 1.49. The highest BCUT2D eigenvalue weighted by molar-refractivity contribution is 4.91. The molecule has 2 saturated carbocycles. The molecule has 0 spiro atoms. The van der Waals surface area contributed by atoms with Gasteiger partial charge in [-0.25, -0.2) is 0 Å². The van der Waals surface area contributed by atoms with E-state index in [1.54, 1.807) is 0 Å². The minimum Gasteiger partial charge on any atom is -0.381 e. The van der Waals surface area contributed by atoms with Crippen LogP contribution < -0.4 is 5.32 Å². The first-order valence-corrected chi connectivity index (χ1v) is 6.49. The molecule has 3 unspecified atom stereocenters. The Labute approximate surface area is 93.8 Å². The molecule has 2 heteroatoms. The standard InChI is InChI=1S/C13H25NO/c1-9-5-4-6-13(10(9)2)14-11-7-12(8-11)15-3/h9-14H,4-8H2,1-3H3. The molecule has 2 aliphatic rings. The molecule has 0 aromatic heterocycles. The van der Waals surface area contributed by atoms with Crippen LogP contribution in [0.3, 0.4) is 0 Å². The molecular formula is C13H25NO. The van der Waals surface area contributed by atoms with Gasteiger partial charge in [0.2, 0.25) is 0 Å². The first-order valence-electron chi connectivity index (χ1n) is 6.49. The predicted molar refractivity (Wildman–Crippen MR) is 62.9 cm³/mol. The molecule has 0 bridgehead atoms. The van der Waals surface area contributed by atoms with Gasteiger partial charge in [0.1, 0.15) is 0 Å². The zero-order valence-electron chi connectivity index (χ0n) is 10.3. The largest absolute Gasteiger partial charge is 0.381 e. The zero-order chi connectivity index (χ0) is 10.8. The highest BCUT2D eigenvalue weighted by atomic mass is 16.5. The van der Waals surface area contributed by atoms with Crippen molar-refractivity contribution in [3.8, 4) is 0 Å². The molecule has 0 amide bonds. The van der Waals surface area contributed by atoms with Gasteiger partial charge in [-0.15, -0.1) is 0 Å². The van der Waals surface area contributed by atoms with E-state index in [4.69, 9.17) is 4.74 Å². The van der Waals surface area contributed by atoms with Crippen LogP contribution in [0.2, 0.25) is 0 Å². The van der Waals surface area contributed by atoms with Gasteiger partial charge in [-0.3, -0.25) is 0 Å². The first kappa shape index (κ1) is 11.4. The van der Waals surface area contributed by atoms with Gasteiger partial charge >= 0.3 is 0 Å². The first-order chi connectivity index (χ1) is 7.20. The Morgan fingerprint density at radius 3 is 2.53 bits per heavy atom. The van der Waals surface area contributed by atoms with E-state index in [1.165, 1.54) is 32.1 Å². The highest BCUT2D eigenvalue weighted by Gasteiger charge is 2.34. The lowest BCUT2D eigenvalue weighted by Gasteiger charge is -2.42. The summed E-state index contributed by atoms with van der Waals surface area (Å²) < 4.78 is 5.31. The molecule has 2 aliphatic carbocycles. The number of hydrogen-bond donors (Lipinski definition) is 1. The van der Waals surface area contributed by atoms with Crippen molar-refractivity contribution < 1.29 is 4.74 Å². The number of nitrogens with one attached hydrogen (secondary N) is 1. The van der Waals surface area contributed by atoms with Crippen LogP contribution >= 0.6 is 0 Å². The second kappa shape index (κ2) is 4.84. The predicted octanol–water partition coefficient (Wildman–Crippen LogP) is 2.58. The number of hydrogen-bond acceptors (Lipinski definition) is 2. The molecule has 0 aliphatic heterocycles. The highest BCUT2D eigenvalue weighted by Crippen LogP contribution is 2.32. The fraction of sp³-hybridized carbons (Fsp3) is 1.00. The smallest absolute Gasteiger partial charge is 0.0601 e. The van der Waals surface area contributed by atoms with Crippen LogP contribution in [-0.2, 0) is 4.74 Å². The topological polar surface area (TPSA) is 21.3 Å². The fourth-order valence-corrected chi connectivity index (χ4v) is 3.01. The number of rotatable bonds is 3. The monoisotopic (exact) mass is 211 g/mol. The fourth-order valence-electron chi connectivity index (χ4n) is 3.01. The van der Waals surface area contributed by atoms with Crippen molar-refractivity contribution in [3.05, 3.63) is 0 Å². The summed E-state index contributed by atoms with van der Waals surface area (Å²) in [6.07, 6.45) is 7.16. The summed E-state index contributed by atoms with van der Waals surface area (Å²) in [5, 5.41) is 3.82. The Bertz CT molecular complexity index is 201. The van der Waals surface area contributed by atoms with Crippen molar-refractivity contribution in [2.24, 2.45) is 11.8 Å². The molecule has 0 radical (unpaired) electrons. The van der Waals surface area contributed by atoms with Gasteiger partial charge in [-0.2, -0.15) is 0 Å². The molecule has 2 rings (SSSR count). The summed E-state index contributed by atoms with van der Waals surface area (Å²) in [7, 11) is 1.83. The van der Waals surface area contributed by atoms with Gasteiger partial charge in [0.25, 0.3) is 0 Å². The molecular weight excluding hydrogens is 186 g/mol. The quantitative estimate of drug-likeness (QED) is 0.774. The molecule has 3 atom stereocenters. The third kappa shape index (κ3) is 2.54. The van der Waals surface area contributed by atoms with Crippen LogP contribution in [0.1, 0.15) is 46.0 Å². The van der Waals surface area contributed by atoms with Crippen LogP contribution in [0.4, 0.5) is 0 Å². The second-order valence-electron chi connectivity index (χ2n) is 5.57. The van der Waals surface area contributed by atoms with Crippen LogP contribution in [-0.4, -0.2) is 25.3 Å². The maximum absolute atomic E-state index is 5.31. The Kier molecular flexibility index (Phi) is 3.68. The normalized spacial score (nSPS) is 46.2. The summed E-state index contributed by atoms with van der Waals surface area (Å²) in [5.41, 5.74) is 0. The Morgan fingerprint density at radius 1 is 1.13 bits per heavy atom. The lowest BCUT2D eigenvalue weighted by Crippen LogP contribution is -2.52. The molecule has 0 aromatic rings. The van der Waals surface area contributed by atoms with E-state index < -0.39 is 0 Å². The van der Waals surface area contributed by atoms with E-state index in [2.05, 4.69) is 19.2 Å². The summed E-state index contributed by atoms with van der Waals surface area (Å²) in [5.74, 6) is 1.75. The molecule has 0 saturated heterocycles. The molecule has 2 nitrogen and oxygen atoms in total. The van der Waals surface area contributed by atoms with Crippen molar-refractivity contribution in [2.75, 3.05) is 7.11 Å². The summed E-state index contributed by atoms with van der Waals surface area (Å²) in [6.45, 7) is 4.81. The maximum Gasteiger partial charge on any atom is 0.0601 e. The summed E-state index contributed by atoms with van der Waals surface area (Å²) in [4.78, 5) is 0. The van der Waals surface area contributed by atoms with E-state index in [1.807, 2.05) is 7.11 Å². The van der Waals surface area contributed by atoms with Gasteiger partial charge in [-0.05, 0) is 31.1 Å². The Balaban J connectivity index is 1.74. The van der Waals surface area contributed by atoms with Crippen molar-refractivity contribution in [1.82, 2.24) is 5.32 Å². The van der Waals surface area contributed by atoms with Crippen LogP contribution in [0.15, 0.2) is 0 Å². The van der Waals surface area contributed by atoms with E-state index in [0.717, 1.165) is 23.9 Å². The minimum atomic E-state index is 0.527. The van der Waals surface area contributed by atoms with Crippen LogP contribution in [0.5, 0.6) is 0 Å². The van der Waals surface area contributed by atoms with Crippen LogP contribution in [0, 0.1) is 11.8 Å². The van der Waals surface area contributed by atoms with Crippen molar-refractivity contribution in [3.63, 3.8) is 0 Å². The van der Waals surface area contributed by atoms with Gasteiger partial charge < -0.3 is 10.1 Å². The van der Waals surface area contributed by atoms with E-state index in [9.17, 15) is 0 Å². The SMILES string of the molecule is COC1CC(NC2CCCC(C)C2C)C1. The van der Waals surface area contributed by atoms with Gasteiger partial charge in [-0.1, -0.05) is 26.7 Å². The molecule has 15 heavy (non-hydrogen) atoms. The molecule has 1 N–H and O–H groups in total. The van der Waals surface area contributed by atoms with Crippen molar-refractivity contribution >= 4 is 0 Å².